The van der Waals surface area contributed by atoms with Crippen molar-refractivity contribution in [1.82, 2.24) is 25.5 Å². The lowest BCUT2D eigenvalue weighted by atomic mass is 10.1. The molecule has 0 radical (unpaired) electrons. The summed E-state index contributed by atoms with van der Waals surface area (Å²) >= 11 is 1.76. The highest BCUT2D eigenvalue weighted by Crippen LogP contribution is 2.24. The van der Waals surface area contributed by atoms with Crippen LogP contribution in [0.3, 0.4) is 0 Å². The highest BCUT2D eigenvalue weighted by atomic mass is 32.2. The molecule has 4 rings (SSSR count). The summed E-state index contributed by atoms with van der Waals surface area (Å²) in [5, 5.41) is 10.4. The zero-order valence-electron chi connectivity index (χ0n) is 14.1. The minimum atomic E-state index is -0.152. The molecular formula is C18H21N5OS. The van der Waals surface area contributed by atoms with E-state index in [4.69, 9.17) is 0 Å². The standard InChI is InChI=1S/C18H21N5OS/c1-25-10-9-15(17-19-13-6-2-3-7-14(13)20-17)21-18(24)16-11-5-4-8-12(11)22-23-16/h2-3,6-7,15H,4-5,8-10H2,1H3,(H,19,20)(H,21,24)(H,22,23). The van der Waals surface area contributed by atoms with Gasteiger partial charge < -0.3 is 10.3 Å². The number of aryl methyl sites for hydroxylation is 1. The number of hydrogen-bond acceptors (Lipinski definition) is 4. The van der Waals surface area contributed by atoms with Crippen molar-refractivity contribution >= 4 is 28.7 Å². The molecule has 0 saturated heterocycles. The van der Waals surface area contributed by atoms with Gasteiger partial charge in [0.25, 0.3) is 5.91 Å². The van der Waals surface area contributed by atoms with Crippen LogP contribution in [0, 0.1) is 0 Å². The molecular weight excluding hydrogens is 334 g/mol. The average Bonchev–Trinajstić information content (AvgIpc) is 3.32. The Kier molecular flexibility index (Phi) is 4.48. The van der Waals surface area contributed by atoms with Gasteiger partial charge in [-0.2, -0.15) is 16.9 Å². The zero-order valence-corrected chi connectivity index (χ0v) is 14.9. The largest absolute Gasteiger partial charge is 0.341 e. The van der Waals surface area contributed by atoms with Crippen LogP contribution < -0.4 is 5.32 Å². The van der Waals surface area contributed by atoms with Crippen LogP contribution in [0.25, 0.3) is 11.0 Å². The molecule has 1 atom stereocenters. The number of hydrogen-bond donors (Lipinski definition) is 3. The predicted molar refractivity (Wildman–Crippen MR) is 99.9 cm³/mol. The van der Waals surface area contributed by atoms with Gasteiger partial charge in [0.05, 0.1) is 17.1 Å². The van der Waals surface area contributed by atoms with Crippen molar-refractivity contribution in [2.75, 3.05) is 12.0 Å². The molecule has 3 aromatic rings. The Balaban J connectivity index is 1.59. The molecule has 1 aromatic carbocycles. The number of aromatic nitrogens is 4. The van der Waals surface area contributed by atoms with Gasteiger partial charge >= 0.3 is 0 Å². The monoisotopic (exact) mass is 355 g/mol. The quantitative estimate of drug-likeness (QED) is 0.634. The van der Waals surface area contributed by atoms with Crippen LogP contribution in [0.15, 0.2) is 24.3 Å². The van der Waals surface area contributed by atoms with E-state index in [1.54, 1.807) is 11.8 Å². The molecule has 1 aliphatic rings. The van der Waals surface area contributed by atoms with Crippen molar-refractivity contribution in [3.05, 3.63) is 47.0 Å². The Hall–Kier alpha value is -2.28. The molecule has 6 nitrogen and oxygen atoms in total. The fourth-order valence-electron chi connectivity index (χ4n) is 3.38. The van der Waals surface area contributed by atoms with E-state index in [9.17, 15) is 4.79 Å². The van der Waals surface area contributed by atoms with Gasteiger partial charge in [-0.25, -0.2) is 4.98 Å². The van der Waals surface area contributed by atoms with Crippen molar-refractivity contribution in [1.29, 1.82) is 0 Å². The number of fused-ring (bicyclic) bond motifs is 2. The minimum absolute atomic E-state index is 0.119. The van der Waals surface area contributed by atoms with Gasteiger partial charge in [0, 0.05) is 11.3 Å². The molecule has 0 fully saturated rings. The zero-order chi connectivity index (χ0) is 17.2. The Morgan fingerprint density at radius 2 is 2.24 bits per heavy atom. The highest BCUT2D eigenvalue weighted by molar-refractivity contribution is 7.98. The molecule has 1 aliphatic carbocycles. The third kappa shape index (κ3) is 3.16. The number of aromatic amines is 2. The summed E-state index contributed by atoms with van der Waals surface area (Å²) in [6.07, 6.45) is 5.88. The second kappa shape index (κ2) is 6.92. The van der Waals surface area contributed by atoms with E-state index in [2.05, 4.69) is 31.7 Å². The van der Waals surface area contributed by atoms with E-state index in [1.807, 2.05) is 24.3 Å². The van der Waals surface area contributed by atoms with Crippen LogP contribution in [0.1, 0.15) is 46.5 Å². The number of nitrogens with one attached hydrogen (secondary N) is 3. The van der Waals surface area contributed by atoms with E-state index in [0.29, 0.717) is 5.69 Å². The summed E-state index contributed by atoms with van der Waals surface area (Å²) in [5.41, 5.74) is 4.63. The molecule has 3 N–H and O–H groups in total. The summed E-state index contributed by atoms with van der Waals surface area (Å²) in [4.78, 5) is 20.8. The molecule has 2 aromatic heterocycles. The first-order valence-corrected chi connectivity index (χ1v) is 9.96. The molecule has 2 heterocycles. The number of benzene rings is 1. The van der Waals surface area contributed by atoms with Gasteiger partial charge in [-0.1, -0.05) is 12.1 Å². The summed E-state index contributed by atoms with van der Waals surface area (Å²) in [6.45, 7) is 0. The lowest BCUT2D eigenvalue weighted by Gasteiger charge is -2.16. The van der Waals surface area contributed by atoms with E-state index in [-0.39, 0.29) is 11.9 Å². The van der Waals surface area contributed by atoms with Crippen LogP contribution >= 0.6 is 11.8 Å². The first-order valence-electron chi connectivity index (χ1n) is 8.57. The van der Waals surface area contributed by atoms with E-state index in [0.717, 1.165) is 59.6 Å². The molecule has 1 unspecified atom stereocenters. The van der Waals surface area contributed by atoms with Crippen LogP contribution in [0.2, 0.25) is 0 Å². The van der Waals surface area contributed by atoms with Crippen LogP contribution in [0.4, 0.5) is 0 Å². The van der Waals surface area contributed by atoms with E-state index >= 15 is 0 Å². The van der Waals surface area contributed by atoms with Gasteiger partial charge in [-0.15, -0.1) is 0 Å². The maximum Gasteiger partial charge on any atom is 0.272 e. The lowest BCUT2D eigenvalue weighted by molar-refractivity contribution is 0.0928. The third-order valence-corrected chi connectivity index (χ3v) is 5.32. The SMILES string of the molecule is CSCCC(NC(=O)c1n[nH]c2c1CCC2)c1nc2ccccc2[nH]1. The fraction of sp³-hybridized carbons (Fsp3) is 0.389. The van der Waals surface area contributed by atoms with Gasteiger partial charge in [0.1, 0.15) is 5.82 Å². The molecule has 0 bridgehead atoms. The first-order chi connectivity index (χ1) is 12.3. The summed E-state index contributed by atoms with van der Waals surface area (Å²) < 4.78 is 0. The van der Waals surface area contributed by atoms with Crippen LogP contribution in [0.5, 0.6) is 0 Å². The third-order valence-electron chi connectivity index (χ3n) is 4.68. The minimum Gasteiger partial charge on any atom is -0.341 e. The number of rotatable bonds is 6. The highest BCUT2D eigenvalue weighted by Gasteiger charge is 2.26. The molecule has 0 saturated carbocycles. The lowest BCUT2D eigenvalue weighted by Crippen LogP contribution is -2.30. The Bertz CT molecular complexity index is 867. The summed E-state index contributed by atoms with van der Waals surface area (Å²) in [6, 6.07) is 7.77. The maximum atomic E-state index is 12.8. The second-order valence-electron chi connectivity index (χ2n) is 6.33. The molecule has 1 amide bonds. The van der Waals surface area contributed by atoms with Crippen molar-refractivity contribution in [2.45, 2.75) is 31.7 Å². The van der Waals surface area contributed by atoms with Crippen LogP contribution in [-0.2, 0) is 12.8 Å². The normalized spacial score (nSPS) is 14.6. The smallest absolute Gasteiger partial charge is 0.272 e. The van der Waals surface area contributed by atoms with Gasteiger partial charge in [-0.05, 0) is 49.8 Å². The molecule has 0 spiro atoms. The van der Waals surface area contributed by atoms with E-state index < -0.39 is 0 Å². The molecule has 130 valence electrons. The number of nitrogens with zero attached hydrogens (tertiary/aromatic N) is 2. The van der Waals surface area contributed by atoms with Crippen molar-refractivity contribution in [3.8, 4) is 0 Å². The second-order valence-corrected chi connectivity index (χ2v) is 7.32. The fourth-order valence-corrected chi connectivity index (χ4v) is 3.86. The summed E-state index contributed by atoms with van der Waals surface area (Å²) in [5.74, 6) is 1.63. The number of para-hydroxylation sites is 2. The molecule has 25 heavy (non-hydrogen) atoms. The number of amides is 1. The Morgan fingerprint density at radius 1 is 1.36 bits per heavy atom. The number of imidazole rings is 1. The van der Waals surface area contributed by atoms with Gasteiger partial charge in [0.2, 0.25) is 0 Å². The molecule has 7 heteroatoms. The Labute approximate surface area is 150 Å². The van der Waals surface area contributed by atoms with Crippen molar-refractivity contribution in [3.63, 3.8) is 0 Å². The van der Waals surface area contributed by atoms with Gasteiger partial charge in [-0.3, -0.25) is 9.89 Å². The predicted octanol–water partition coefficient (Wildman–Crippen LogP) is 3.00. The number of thioether (sulfide) groups is 1. The van der Waals surface area contributed by atoms with Crippen molar-refractivity contribution < 1.29 is 4.79 Å². The van der Waals surface area contributed by atoms with Crippen molar-refractivity contribution in [2.24, 2.45) is 0 Å². The van der Waals surface area contributed by atoms with Gasteiger partial charge in [0.15, 0.2) is 5.69 Å². The maximum absolute atomic E-state index is 12.8. The number of carbonyl (C=O) groups excluding carboxylic acids is 1. The first kappa shape index (κ1) is 16.2. The Morgan fingerprint density at radius 3 is 3.08 bits per heavy atom. The average molecular weight is 355 g/mol. The van der Waals surface area contributed by atoms with Crippen LogP contribution in [-0.4, -0.2) is 38.1 Å². The molecule has 0 aliphatic heterocycles. The summed E-state index contributed by atoms with van der Waals surface area (Å²) in [7, 11) is 0. The van der Waals surface area contributed by atoms with E-state index in [1.165, 1.54) is 0 Å². The topological polar surface area (TPSA) is 86.5 Å². The number of H-pyrrole nitrogens is 2. The number of carbonyl (C=O) groups is 1.